The van der Waals surface area contributed by atoms with E-state index in [0.29, 0.717) is 11.3 Å². The van der Waals surface area contributed by atoms with Crippen molar-refractivity contribution in [1.29, 1.82) is 0 Å². The fourth-order valence-electron chi connectivity index (χ4n) is 3.30. The number of unbranched alkanes of at least 4 members (excludes halogenated alkanes) is 1. The summed E-state index contributed by atoms with van der Waals surface area (Å²) in [4.78, 5) is 12.6. The molecule has 0 N–H and O–H groups in total. The first-order chi connectivity index (χ1) is 10.2. The van der Waals surface area contributed by atoms with E-state index >= 15 is 0 Å². The van der Waals surface area contributed by atoms with E-state index in [1.165, 1.54) is 44.6 Å². The Morgan fingerprint density at radius 2 is 2.00 bits per heavy atom. The van der Waals surface area contributed by atoms with Gasteiger partial charge in [-0.2, -0.15) is 0 Å². The zero-order valence-electron chi connectivity index (χ0n) is 13.0. The number of ether oxygens (including phenoxy) is 1. The number of hydrogen-bond donors (Lipinski definition) is 0. The maximum Gasteiger partial charge on any atom is 0.169 e. The monoisotopic (exact) mass is 292 g/mol. The van der Waals surface area contributed by atoms with E-state index in [-0.39, 0.29) is 17.5 Å². The molecule has 0 heterocycles. The smallest absolute Gasteiger partial charge is 0.169 e. The molecule has 0 amide bonds. The summed E-state index contributed by atoms with van der Waals surface area (Å²) in [7, 11) is 1.52. The Morgan fingerprint density at radius 3 is 2.62 bits per heavy atom. The van der Waals surface area contributed by atoms with E-state index in [2.05, 4.69) is 6.92 Å². The predicted octanol–water partition coefficient (Wildman–Crippen LogP) is 5.01. The van der Waals surface area contributed by atoms with Crippen LogP contribution in [-0.2, 0) is 0 Å². The van der Waals surface area contributed by atoms with Crippen LogP contribution >= 0.6 is 0 Å². The normalized spacial score (nSPS) is 22.0. The van der Waals surface area contributed by atoms with Gasteiger partial charge in [0, 0.05) is 5.92 Å². The second-order valence-electron chi connectivity index (χ2n) is 6.07. The largest absolute Gasteiger partial charge is 0.496 e. The van der Waals surface area contributed by atoms with Gasteiger partial charge in [0.1, 0.15) is 11.6 Å². The number of Topliss-reactive ketones (excluding diaryl/α,β-unsaturated/α-hetero) is 1. The number of benzene rings is 1. The molecule has 1 aliphatic rings. The lowest BCUT2D eigenvalue weighted by atomic mass is 9.77. The summed E-state index contributed by atoms with van der Waals surface area (Å²) in [5.74, 6) is 0.938. The standard InChI is InChI=1S/C18H25FO2/c1-3-4-5-13-6-8-14(9-7-13)18(20)16-12-15(19)10-11-17(16)21-2/h10-14H,3-9H2,1-2H3. The molecule has 0 radical (unpaired) electrons. The average molecular weight is 292 g/mol. The van der Waals surface area contributed by atoms with Gasteiger partial charge in [-0.25, -0.2) is 4.39 Å². The molecule has 1 aromatic rings. The number of hydrogen-bond acceptors (Lipinski definition) is 2. The summed E-state index contributed by atoms with van der Waals surface area (Å²) in [6, 6.07) is 4.18. The molecule has 21 heavy (non-hydrogen) atoms. The molecule has 1 aromatic carbocycles. The molecule has 116 valence electrons. The zero-order valence-corrected chi connectivity index (χ0v) is 13.0. The Hall–Kier alpha value is -1.38. The van der Waals surface area contributed by atoms with Crippen molar-refractivity contribution in [3.8, 4) is 5.75 Å². The molecule has 0 unspecified atom stereocenters. The molecule has 0 saturated heterocycles. The first kappa shape index (κ1) is 16.0. The highest BCUT2D eigenvalue weighted by Crippen LogP contribution is 2.35. The van der Waals surface area contributed by atoms with Crippen LogP contribution in [0.5, 0.6) is 5.75 Å². The van der Waals surface area contributed by atoms with Crippen molar-refractivity contribution in [3.05, 3.63) is 29.6 Å². The van der Waals surface area contributed by atoms with Gasteiger partial charge in [-0.05, 0) is 49.8 Å². The van der Waals surface area contributed by atoms with Gasteiger partial charge >= 0.3 is 0 Å². The molecule has 2 rings (SSSR count). The van der Waals surface area contributed by atoms with Gasteiger partial charge in [0.05, 0.1) is 12.7 Å². The Morgan fingerprint density at radius 1 is 1.29 bits per heavy atom. The second kappa shape index (κ2) is 7.58. The molecule has 3 heteroatoms. The van der Waals surface area contributed by atoms with Crippen molar-refractivity contribution >= 4 is 5.78 Å². The van der Waals surface area contributed by atoms with E-state index < -0.39 is 0 Å². The van der Waals surface area contributed by atoms with Gasteiger partial charge in [-0.15, -0.1) is 0 Å². The topological polar surface area (TPSA) is 26.3 Å². The van der Waals surface area contributed by atoms with Gasteiger partial charge in [0.2, 0.25) is 0 Å². The van der Waals surface area contributed by atoms with Gasteiger partial charge in [0.25, 0.3) is 0 Å². The van der Waals surface area contributed by atoms with Crippen LogP contribution in [-0.4, -0.2) is 12.9 Å². The van der Waals surface area contributed by atoms with Crippen LogP contribution in [0.1, 0.15) is 62.2 Å². The van der Waals surface area contributed by atoms with Crippen LogP contribution in [0.2, 0.25) is 0 Å². The molecule has 0 atom stereocenters. The van der Waals surface area contributed by atoms with E-state index in [4.69, 9.17) is 4.74 Å². The maximum atomic E-state index is 13.4. The van der Waals surface area contributed by atoms with Crippen molar-refractivity contribution in [3.63, 3.8) is 0 Å². The summed E-state index contributed by atoms with van der Waals surface area (Å²) in [6.07, 6.45) is 7.88. The lowest BCUT2D eigenvalue weighted by Crippen LogP contribution is -2.22. The number of rotatable bonds is 6. The Labute approximate surface area is 126 Å². The summed E-state index contributed by atoms with van der Waals surface area (Å²) < 4.78 is 18.6. The Bertz CT molecular complexity index is 476. The van der Waals surface area contributed by atoms with E-state index in [0.717, 1.165) is 31.6 Å². The molecule has 0 aromatic heterocycles. The highest BCUT2D eigenvalue weighted by atomic mass is 19.1. The lowest BCUT2D eigenvalue weighted by molar-refractivity contribution is 0.0866. The molecule has 0 aliphatic heterocycles. The number of methoxy groups -OCH3 is 1. The van der Waals surface area contributed by atoms with Crippen LogP contribution in [0.3, 0.4) is 0 Å². The first-order valence-corrected chi connectivity index (χ1v) is 8.03. The van der Waals surface area contributed by atoms with Crippen LogP contribution < -0.4 is 4.74 Å². The summed E-state index contributed by atoms with van der Waals surface area (Å²) in [5.41, 5.74) is 0.398. The molecule has 1 aliphatic carbocycles. The minimum Gasteiger partial charge on any atom is -0.496 e. The van der Waals surface area contributed by atoms with Gasteiger partial charge in [-0.3, -0.25) is 4.79 Å². The third kappa shape index (κ3) is 4.05. The SMILES string of the molecule is CCCCC1CCC(C(=O)c2cc(F)ccc2OC)CC1. The van der Waals surface area contributed by atoms with Crippen molar-refractivity contribution in [2.75, 3.05) is 7.11 Å². The minimum atomic E-state index is -0.379. The van der Waals surface area contributed by atoms with Crippen LogP contribution in [0.4, 0.5) is 4.39 Å². The first-order valence-electron chi connectivity index (χ1n) is 8.03. The van der Waals surface area contributed by atoms with Gasteiger partial charge in [0.15, 0.2) is 5.78 Å². The highest BCUT2D eigenvalue weighted by molar-refractivity contribution is 6.00. The Kier molecular flexibility index (Phi) is 5.77. The molecular formula is C18H25FO2. The van der Waals surface area contributed by atoms with Gasteiger partial charge < -0.3 is 4.74 Å². The summed E-state index contributed by atoms with van der Waals surface area (Å²) in [5, 5.41) is 0. The fraction of sp³-hybridized carbons (Fsp3) is 0.611. The molecule has 2 nitrogen and oxygen atoms in total. The van der Waals surface area contributed by atoms with Crippen LogP contribution in [0.15, 0.2) is 18.2 Å². The number of ketones is 1. The number of carbonyl (C=O) groups excluding carboxylic acids is 1. The zero-order chi connectivity index (χ0) is 15.2. The van der Waals surface area contributed by atoms with Crippen LogP contribution in [0, 0.1) is 17.7 Å². The minimum absolute atomic E-state index is 0.0265. The highest BCUT2D eigenvalue weighted by Gasteiger charge is 2.28. The quantitative estimate of drug-likeness (QED) is 0.689. The molecule has 0 bridgehead atoms. The summed E-state index contributed by atoms with van der Waals surface area (Å²) >= 11 is 0. The second-order valence-corrected chi connectivity index (χ2v) is 6.07. The molecule has 0 spiro atoms. The molecule has 1 saturated carbocycles. The van der Waals surface area contributed by atoms with E-state index in [1.54, 1.807) is 0 Å². The Balaban J connectivity index is 2.00. The fourth-order valence-corrected chi connectivity index (χ4v) is 3.30. The van der Waals surface area contributed by atoms with E-state index in [9.17, 15) is 9.18 Å². The molecular weight excluding hydrogens is 267 g/mol. The van der Waals surface area contributed by atoms with Gasteiger partial charge in [-0.1, -0.05) is 26.2 Å². The predicted molar refractivity (Wildman–Crippen MR) is 82.3 cm³/mol. The van der Waals surface area contributed by atoms with E-state index in [1.807, 2.05) is 0 Å². The number of halogens is 1. The maximum absolute atomic E-state index is 13.4. The van der Waals surface area contributed by atoms with Crippen LogP contribution in [0.25, 0.3) is 0 Å². The van der Waals surface area contributed by atoms with Crippen molar-refractivity contribution in [2.24, 2.45) is 11.8 Å². The third-order valence-corrected chi connectivity index (χ3v) is 4.61. The molecule has 1 fully saturated rings. The van der Waals surface area contributed by atoms with Crippen molar-refractivity contribution in [2.45, 2.75) is 51.9 Å². The number of carbonyl (C=O) groups is 1. The van der Waals surface area contributed by atoms with Crippen molar-refractivity contribution in [1.82, 2.24) is 0 Å². The lowest BCUT2D eigenvalue weighted by Gasteiger charge is -2.28. The summed E-state index contributed by atoms with van der Waals surface area (Å²) in [6.45, 7) is 2.21. The third-order valence-electron chi connectivity index (χ3n) is 4.61. The average Bonchev–Trinajstić information content (AvgIpc) is 2.52. The van der Waals surface area contributed by atoms with Crippen molar-refractivity contribution < 1.29 is 13.9 Å².